The molecule has 1 amide bonds. The van der Waals surface area contributed by atoms with Crippen LogP contribution in [-0.4, -0.2) is 23.2 Å². The third-order valence-corrected chi connectivity index (χ3v) is 3.86. The summed E-state index contributed by atoms with van der Waals surface area (Å²) in [7, 11) is 0. The number of carbonyl (C=O) groups excluding carboxylic acids is 2. The molecule has 0 saturated carbocycles. The number of rotatable bonds is 5. The van der Waals surface area contributed by atoms with Crippen LogP contribution < -0.4 is 5.32 Å². The van der Waals surface area contributed by atoms with Crippen LogP contribution in [-0.2, 0) is 9.59 Å². The molecule has 0 spiro atoms. The van der Waals surface area contributed by atoms with E-state index in [0.29, 0.717) is 5.01 Å². The zero-order chi connectivity index (χ0) is 16.2. The van der Waals surface area contributed by atoms with Gasteiger partial charge in [0.25, 0.3) is 0 Å². The van der Waals surface area contributed by atoms with Crippen molar-refractivity contribution in [1.82, 2.24) is 10.3 Å². The van der Waals surface area contributed by atoms with Crippen molar-refractivity contribution in [1.29, 1.82) is 5.26 Å². The number of carbonyl (C=O) groups is 2. The van der Waals surface area contributed by atoms with Crippen LogP contribution in [0.2, 0.25) is 0 Å². The van der Waals surface area contributed by atoms with Crippen LogP contribution >= 0.6 is 11.3 Å². The summed E-state index contributed by atoms with van der Waals surface area (Å²) in [5.41, 5.74) is 0.316. The van der Waals surface area contributed by atoms with Gasteiger partial charge < -0.3 is 5.32 Å². The highest BCUT2D eigenvalue weighted by atomic mass is 32.1. The summed E-state index contributed by atoms with van der Waals surface area (Å²) < 4.78 is 0. The van der Waals surface area contributed by atoms with Gasteiger partial charge in [-0.05, 0) is 5.92 Å². The molecule has 0 unspecified atom stereocenters. The van der Waals surface area contributed by atoms with Crippen molar-refractivity contribution in [3.05, 3.63) is 16.1 Å². The number of nitrogens with zero attached hydrogens (tertiary/aromatic N) is 2. The van der Waals surface area contributed by atoms with Crippen LogP contribution in [0, 0.1) is 16.7 Å². The Kier molecular flexibility index (Phi) is 5.62. The Labute approximate surface area is 129 Å². The van der Waals surface area contributed by atoms with E-state index in [4.69, 9.17) is 0 Å². The predicted molar refractivity (Wildman–Crippen MR) is 82.0 cm³/mol. The third kappa shape index (κ3) is 4.64. The fourth-order valence-corrected chi connectivity index (χ4v) is 2.54. The Balaban J connectivity index is 2.74. The summed E-state index contributed by atoms with van der Waals surface area (Å²) in [4.78, 5) is 28.2. The highest BCUT2D eigenvalue weighted by Crippen LogP contribution is 2.24. The average Bonchev–Trinajstić information content (AvgIpc) is 2.85. The molecule has 1 N–H and O–H groups in total. The van der Waals surface area contributed by atoms with E-state index in [2.05, 4.69) is 10.3 Å². The van der Waals surface area contributed by atoms with Crippen LogP contribution in [0.1, 0.15) is 57.2 Å². The molecular formula is C15H21N3O2S. The van der Waals surface area contributed by atoms with E-state index < -0.39 is 11.3 Å². The minimum Gasteiger partial charge on any atom is -0.349 e. The first-order chi connectivity index (χ1) is 9.66. The molecule has 0 aliphatic heterocycles. The van der Waals surface area contributed by atoms with Crippen LogP contribution in [0.15, 0.2) is 5.38 Å². The fourth-order valence-electron chi connectivity index (χ4n) is 1.50. The number of hydrogen-bond donors (Lipinski definition) is 1. The standard InChI is InChI=1S/C15H21N3O2S/c1-9(2)11-8-21-13(18-11)10(6-16)12(19)7-17-14(20)15(3,4)5/h8-10H,7H2,1-5H3,(H,17,20)/t10-/m1/s1. The van der Waals surface area contributed by atoms with Crippen molar-refractivity contribution in [3.63, 3.8) is 0 Å². The van der Waals surface area contributed by atoms with Crippen molar-refractivity contribution in [2.24, 2.45) is 5.41 Å². The molecule has 0 aliphatic carbocycles. The lowest BCUT2D eigenvalue weighted by Gasteiger charge is -2.17. The van der Waals surface area contributed by atoms with Gasteiger partial charge in [-0.25, -0.2) is 4.98 Å². The Hall–Kier alpha value is -1.74. The Morgan fingerprint density at radius 1 is 1.43 bits per heavy atom. The van der Waals surface area contributed by atoms with Crippen LogP contribution in [0.4, 0.5) is 0 Å². The van der Waals surface area contributed by atoms with Gasteiger partial charge in [-0.1, -0.05) is 34.6 Å². The number of aromatic nitrogens is 1. The SMILES string of the molecule is CC(C)c1csc([C@H](C#N)C(=O)CNC(=O)C(C)(C)C)n1. The van der Waals surface area contributed by atoms with E-state index in [1.165, 1.54) is 11.3 Å². The highest BCUT2D eigenvalue weighted by Gasteiger charge is 2.26. The van der Waals surface area contributed by atoms with Gasteiger partial charge in [0.05, 0.1) is 18.3 Å². The normalized spacial score (nSPS) is 12.8. The summed E-state index contributed by atoms with van der Waals surface area (Å²) in [6, 6.07) is 1.98. The lowest BCUT2D eigenvalue weighted by atomic mass is 9.95. The van der Waals surface area contributed by atoms with Crippen molar-refractivity contribution in [2.45, 2.75) is 46.5 Å². The van der Waals surface area contributed by atoms with Gasteiger partial charge in [-0.2, -0.15) is 5.26 Å². The molecule has 1 heterocycles. The summed E-state index contributed by atoms with van der Waals surface area (Å²) in [6.07, 6.45) is 0. The monoisotopic (exact) mass is 307 g/mol. The van der Waals surface area contributed by atoms with E-state index in [1.54, 1.807) is 20.8 Å². The molecule has 0 aromatic carbocycles. The Bertz CT molecular complexity index is 564. The first-order valence-corrected chi connectivity index (χ1v) is 7.70. The van der Waals surface area contributed by atoms with E-state index in [1.807, 2.05) is 25.3 Å². The molecule has 1 aromatic heterocycles. The second kappa shape index (κ2) is 6.81. The van der Waals surface area contributed by atoms with E-state index >= 15 is 0 Å². The zero-order valence-corrected chi connectivity index (χ0v) is 13.9. The summed E-state index contributed by atoms with van der Waals surface area (Å²) >= 11 is 1.31. The zero-order valence-electron chi connectivity index (χ0n) is 13.1. The minimum atomic E-state index is -0.914. The maximum absolute atomic E-state index is 12.1. The topological polar surface area (TPSA) is 82.9 Å². The van der Waals surface area contributed by atoms with E-state index in [0.717, 1.165) is 5.69 Å². The van der Waals surface area contributed by atoms with Gasteiger partial charge in [0.15, 0.2) is 11.7 Å². The van der Waals surface area contributed by atoms with Gasteiger partial charge in [0, 0.05) is 10.8 Å². The fraction of sp³-hybridized carbons (Fsp3) is 0.600. The minimum absolute atomic E-state index is 0.148. The number of amides is 1. The summed E-state index contributed by atoms with van der Waals surface area (Å²) in [5.74, 6) is -1.21. The molecule has 0 fully saturated rings. The van der Waals surface area contributed by atoms with Crippen molar-refractivity contribution in [2.75, 3.05) is 6.54 Å². The molecule has 21 heavy (non-hydrogen) atoms. The Morgan fingerprint density at radius 3 is 2.48 bits per heavy atom. The number of nitrogens with one attached hydrogen (secondary N) is 1. The Morgan fingerprint density at radius 2 is 2.05 bits per heavy atom. The highest BCUT2D eigenvalue weighted by molar-refractivity contribution is 7.10. The van der Waals surface area contributed by atoms with E-state index in [-0.39, 0.29) is 24.2 Å². The molecule has 114 valence electrons. The first kappa shape index (κ1) is 17.3. The third-order valence-electron chi connectivity index (χ3n) is 2.93. The second-order valence-electron chi connectivity index (χ2n) is 6.23. The van der Waals surface area contributed by atoms with Crippen LogP contribution in [0.25, 0.3) is 0 Å². The first-order valence-electron chi connectivity index (χ1n) is 6.82. The van der Waals surface area contributed by atoms with Gasteiger partial charge in [0.1, 0.15) is 5.01 Å². The average molecular weight is 307 g/mol. The molecule has 1 aromatic rings. The van der Waals surface area contributed by atoms with E-state index in [9.17, 15) is 14.9 Å². The number of nitriles is 1. The molecule has 1 atom stereocenters. The van der Waals surface area contributed by atoms with Crippen molar-refractivity contribution < 1.29 is 9.59 Å². The predicted octanol–water partition coefficient (Wildman–Crippen LogP) is 2.61. The van der Waals surface area contributed by atoms with Gasteiger partial charge >= 0.3 is 0 Å². The van der Waals surface area contributed by atoms with Gasteiger partial charge in [0.2, 0.25) is 5.91 Å². The maximum Gasteiger partial charge on any atom is 0.225 e. The number of Topliss-reactive ketones (excluding diaryl/α,β-unsaturated/α-hetero) is 1. The molecular weight excluding hydrogens is 286 g/mol. The molecule has 5 nitrogen and oxygen atoms in total. The summed E-state index contributed by atoms with van der Waals surface area (Å²) in [6.45, 7) is 9.17. The van der Waals surface area contributed by atoms with Crippen LogP contribution in [0.3, 0.4) is 0 Å². The largest absolute Gasteiger partial charge is 0.349 e. The van der Waals surface area contributed by atoms with Crippen LogP contribution in [0.5, 0.6) is 0 Å². The smallest absolute Gasteiger partial charge is 0.225 e. The number of thiazole rings is 1. The van der Waals surface area contributed by atoms with Crippen molar-refractivity contribution in [3.8, 4) is 6.07 Å². The maximum atomic E-state index is 12.1. The number of ketones is 1. The van der Waals surface area contributed by atoms with Gasteiger partial charge in [-0.15, -0.1) is 11.3 Å². The van der Waals surface area contributed by atoms with Crippen molar-refractivity contribution >= 4 is 23.0 Å². The number of hydrogen-bond acceptors (Lipinski definition) is 5. The molecule has 6 heteroatoms. The lowest BCUT2D eigenvalue weighted by Crippen LogP contribution is -2.39. The van der Waals surface area contributed by atoms with Gasteiger partial charge in [-0.3, -0.25) is 9.59 Å². The summed E-state index contributed by atoms with van der Waals surface area (Å²) in [5, 5.41) is 14.1. The lowest BCUT2D eigenvalue weighted by molar-refractivity contribution is -0.130. The second-order valence-corrected chi connectivity index (χ2v) is 7.12. The quantitative estimate of drug-likeness (QED) is 0.906. The molecule has 0 bridgehead atoms. The molecule has 0 radical (unpaired) electrons. The molecule has 1 rings (SSSR count). The molecule has 0 saturated heterocycles. The molecule has 0 aliphatic rings.